The van der Waals surface area contributed by atoms with Gasteiger partial charge in [-0.3, -0.25) is 0 Å². The van der Waals surface area contributed by atoms with E-state index in [-0.39, 0.29) is 24.2 Å². The Hall–Kier alpha value is -4.66. The number of rotatable bonds is 5. The summed E-state index contributed by atoms with van der Waals surface area (Å²) in [5, 5.41) is 5.63. The van der Waals surface area contributed by atoms with Gasteiger partial charge in [-0.2, -0.15) is 0 Å². The van der Waals surface area contributed by atoms with Crippen molar-refractivity contribution in [1.29, 1.82) is 0 Å². The van der Waals surface area contributed by atoms with Gasteiger partial charge < -0.3 is 4.57 Å². The third kappa shape index (κ3) is 3.46. The number of hydrogen-bond donors (Lipinski definition) is 0. The first-order chi connectivity index (χ1) is 20.5. The van der Waals surface area contributed by atoms with Crippen molar-refractivity contribution in [2.45, 2.75) is 0 Å². The van der Waals surface area contributed by atoms with Gasteiger partial charge in [0, 0.05) is 16.5 Å². The van der Waals surface area contributed by atoms with Gasteiger partial charge in [-0.15, -0.1) is 0 Å². The van der Waals surface area contributed by atoms with Crippen LogP contribution in [-0.4, -0.2) is 12.6 Å². The fourth-order valence-corrected chi connectivity index (χ4v) is 10.3. The van der Waals surface area contributed by atoms with Gasteiger partial charge in [0.1, 0.15) is 0 Å². The molecule has 1 aromatic heterocycles. The maximum absolute atomic E-state index is 9.95. The van der Waals surface area contributed by atoms with E-state index in [4.69, 9.17) is 1.37 Å². The van der Waals surface area contributed by atoms with E-state index in [2.05, 4.69) is 48.5 Å². The second kappa shape index (κ2) is 9.33. The van der Waals surface area contributed by atoms with Crippen molar-refractivity contribution in [2.75, 3.05) is 0 Å². The van der Waals surface area contributed by atoms with Crippen LogP contribution < -0.4 is 20.7 Å². The van der Waals surface area contributed by atoms with E-state index in [9.17, 15) is 4.11 Å². The fourth-order valence-electron chi connectivity index (χ4n) is 5.79. The van der Waals surface area contributed by atoms with Gasteiger partial charge in [0.2, 0.25) is 0 Å². The summed E-state index contributed by atoms with van der Waals surface area (Å²) in [6.45, 7) is 0. The zero-order valence-electron chi connectivity index (χ0n) is 24.7. The van der Waals surface area contributed by atoms with Crippen molar-refractivity contribution in [3.05, 3.63) is 164 Å². The first-order valence-electron chi connectivity index (χ1n) is 14.8. The molecule has 180 valence electrons. The average molecular weight is 506 g/mol. The molecule has 0 spiro atoms. The maximum Gasteiger partial charge on any atom is 0.179 e. The second-order valence-electron chi connectivity index (χ2n) is 9.44. The molecule has 0 saturated carbocycles. The Morgan fingerprint density at radius 1 is 0.447 bits per heavy atom. The minimum atomic E-state index is -3.31. The summed E-state index contributed by atoms with van der Waals surface area (Å²) >= 11 is 0. The molecule has 38 heavy (non-hydrogen) atoms. The Morgan fingerprint density at radius 3 is 1.34 bits per heavy atom. The molecular formula is C36H27NSi. The van der Waals surface area contributed by atoms with Gasteiger partial charge in [0.15, 0.2) is 8.07 Å². The van der Waals surface area contributed by atoms with Gasteiger partial charge in [-0.25, -0.2) is 0 Å². The van der Waals surface area contributed by atoms with E-state index in [0.717, 1.165) is 37.4 Å². The summed E-state index contributed by atoms with van der Waals surface area (Å²) in [5.41, 5.74) is 2.08. The lowest BCUT2D eigenvalue weighted by Gasteiger charge is -2.34. The molecule has 0 aliphatic heterocycles. The van der Waals surface area contributed by atoms with Gasteiger partial charge in [0.05, 0.1) is 16.5 Å². The van der Waals surface area contributed by atoms with Gasteiger partial charge in [-0.1, -0.05) is 139 Å². The Labute approximate surface area is 229 Å². The lowest BCUT2D eigenvalue weighted by atomic mass is 10.2. The molecule has 1 heterocycles. The summed E-state index contributed by atoms with van der Waals surface area (Å²) in [4.78, 5) is 0. The van der Waals surface area contributed by atoms with Crippen LogP contribution in [0.1, 0.15) is 5.48 Å². The third-order valence-electron chi connectivity index (χ3n) is 7.41. The highest BCUT2D eigenvalue weighted by molar-refractivity contribution is 7.19. The molecule has 0 N–H and O–H groups in total. The zero-order chi connectivity index (χ0) is 28.8. The first-order valence-corrected chi connectivity index (χ1v) is 14.8. The Morgan fingerprint density at radius 2 is 0.868 bits per heavy atom. The molecule has 0 unspecified atom stereocenters. The van der Waals surface area contributed by atoms with Crippen LogP contribution in [0, 0.1) is 0 Å². The van der Waals surface area contributed by atoms with Crippen LogP contribution in [-0.2, 0) is 0 Å². The minimum Gasteiger partial charge on any atom is -0.309 e. The number of aromatic nitrogens is 1. The molecule has 0 amide bonds. The van der Waals surface area contributed by atoms with Crippen LogP contribution in [0.4, 0.5) is 0 Å². The molecule has 0 atom stereocenters. The third-order valence-corrected chi connectivity index (χ3v) is 12.0. The minimum absolute atomic E-state index is 0.0576. The maximum atomic E-state index is 9.95. The molecule has 6 aromatic carbocycles. The SMILES string of the molecule is [2H]c1c([2H])c(-n2c3ccccc3c3ccccc32)c([2H])c([Si](c2ccccc2)(c2ccccc2)c2ccccc2)c1[2H]. The monoisotopic (exact) mass is 505 g/mol. The highest BCUT2D eigenvalue weighted by atomic mass is 28.3. The van der Waals surface area contributed by atoms with Crippen molar-refractivity contribution in [3.8, 4) is 5.69 Å². The van der Waals surface area contributed by atoms with E-state index in [1.54, 1.807) is 0 Å². The second-order valence-corrected chi connectivity index (χ2v) is 13.2. The molecule has 0 bridgehead atoms. The topological polar surface area (TPSA) is 4.93 Å². The van der Waals surface area contributed by atoms with Gasteiger partial charge >= 0.3 is 0 Å². The first kappa shape index (κ1) is 18.6. The van der Waals surface area contributed by atoms with E-state index in [1.165, 1.54) is 0 Å². The Bertz CT molecular complexity index is 1920. The number of hydrogen-bond acceptors (Lipinski definition) is 0. The summed E-state index contributed by atoms with van der Waals surface area (Å²) in [5.74, 6) is 0. The molecule has 2 heteroatoms. The highest BCUT2D eigenvalue weighted by Gasteiger charge is 2.41. The lowest BCUT2D eigenvalue weighted by Crippen LogP contribution is -2.74. The van der Waals surface area contributed by atoms with Crippen LogP contribution >= 0.6 is 0 Å². The average Bonchev–Trinajstić information content (AvgIpc) is 3.38. The molecule has 7 rings (SSSR count). The van der Waals surface area contributed by atoms with Crippen LogP contribution in [0.2, 0.25) is 0 Å². The van der Waals surface area contributed by atoms with Crippen molar-refractivity contribution < 1.29 is 5.48 Å². The molecule has 0 aliphatic carbocycles. The van der Waals surface area contributed by atoms with Crippen molar-refractivity contribution in [1.82, 2.24) is 4.57 Å². The van der Waals surface area contributed by atoms with Gasteiger partial charge in [0.25, 0.3) is 0 Å². The molecule has 0 aliphatic rings. The molecular weight excluding hydrogens is 474 g/mol. The number of benzene rings is 6. The van der Waals surface area contributed by atoms with Crippen LogP contribution in [0.5, 0.6) is 0 Å². The fraction of sp³-hybridized carbons (Fsp3) is 0. The largest absolute Gasteiger partial charge is 0.309 e. The van der Waals surface area contributed by atoms with E-state index < -0.39 is 8.07 Å². The molecule has 0 fully saturated rings. The van der Waals surface area contributed by atoms with Gasteiger partial charge in [-0.05, 0) is 45.0 Å². The van der Waals surface area contributed by atoms with Crippen LogP contribution in [0.15, 0.2) is 164 Å². The Balaban J connectivity index is 1.71. The molecule has 7 aromatic rings. The standard InChI is InChI=1S/C36H27NSi/c1-4-16-29(17-5-1)38(30-18-6-2-7-19-30,31-20-8-3-9-21-31)32-22-14-15-28(27-32)37-35-25-12-10-23-33(35)34-24-11-13-26-36(34)37/h1-27H/i14D,15D,22D,27D. The predicted octanol–water partition coefficient (Wildman–Crippen LogP) is 6.16. The lowest BCUT2D eigenvalue weighted by molar-refractivity contribution is 1.18. The van der Waals surface area contributed by atoms with Crippen molar-refractivity contribution in [2.24, 2.45) is 0 Å². The molecule has 0 radical (unpaired) electrons. The Kier molecular flexibility index (Phi) is 4.56. The number of nitrogens with zero attached hydrogens (tertiary/aromatic N) is 1. The normalized spacial score (nSPS) is 13.2. The van der Waals surface area contributed by atoms with E-state index in [1.807, 2.05) is 95.6 Å². The number of fused-ring (bicyclic) bond motifs is 3. The molecule has 1 nitrogen and oxygen atoms in total. The zero-order valence-corrected chi connectivity index (χ0v) is 21.7. The predicted molar refractivity (Wildman–Crippen MR) is 164 cm³/mol. The van der Waals surface area contributed by atoms with Crippen LogP contribution in [0.3, 0.4) is 0 Å². The quantitative estimate of drug-likeness (QED) is 0.195. The smallest absolute Gasteiger partial charge is 0.179 e. The van der Waals surface area contributed by atoms with E-state index in [0.29, 0.717) is 10.9 Å². The van der Waals surface area contributed by atoms with Crippen molar-refractivity contribution in [3.63, 3.8) is 0 Å². The summed E-state index contributed by atoms with van der Waals surface area (Å²) in [7, 11) is -3.31. The van der Waals surface area contributed by atoms with Crippen LogP contribution in [0.25, 0.3) is 27.5 Å². The summed E-state index contributed by atoms with van der Waals surface area (Å²) < 4.78 is 39.7. The van der Waals surface area contributed by atoms with E-state index >= 15 is 0 Å². The molecule has 0 saturated heterocycles. The number of para-hydroxylation sites is 2. The van der Waals surface area contributed by atoms with Crippen molar-refractivity contribution >= 4 is 50.6 Å². The summed E-state index contributed by atoms with van der Waals surface area (Å²) in [6, 6.07) is 46.3. The summed E-state index contributed by atoms with van der Waals surface area (Å²) in [6.07, 6.45) is 0. The highest BCUT2D eigenvalue weighted by Crippen LogP contribution is 2.31.